The van der Waals surface area contributed by atoms with Crippen molar-refractivity contribution in [3.05, 3.63) is 30.1 Å². The van der Waals surface area contributed by atoms with Crippen molar-refractivity contribution in [2.24, 2.45) is 0 Å². The summed E-state index contributed by atoms with van der Waals surface area (Å²) in [6.07, 6.45) is 0.799. The van der Waals surface area contributed by atoms with E-state index in [0.717, 1.165) is 23.7 Å². The fraction of sp³-hybridized carbons (Fsp3) is 0.462. The smallest absolute Gasteiger partial charge is 0.156 e. The van der Waals surface area contributed by atoms with Crippen molar-refractivity contribution in [3.63, 3.8) is 0 Å². The van der Waals surface area contributed by atoms with Crippen LogP contribution in [0.3, 0.4) is 0 Å². The van der Waals surface area contributed by atoms with Crippen molar-refractivity contribution in [3.8, 4) is 11.4 Å². The van der Waals surface area contributed by atoms with Crippen LogP contribution in [0.4, 0.5) is 0 Å². The number of rotatable bonds is 3. The summed E-state index contributed by atoms with van der Waals surface area (Å²) in [7, 11) is 0. The van der Waals surface area contributed by atoms with Crippen LogP contribution in [0.2, 0.25) is 0 Å². The summed E-state index contributed by atoms with van der Waals surface area (Å²) in [5.74, 6) is 1.69. The Hall–Kier alpha value is -1.91. The van der Waals surface area contributed by atoms with E-state index in [2.05, 4.69) is 15.5 Å². The minimum absolute atomic E-state index is 0.190. The molecular weight excluding hydrogens is 228 g/mol. The molecule has 0 bridgehead atoms. The van der Waals surface area contributed by atoms with E-state index >= 15 is 0 Å². The number of aryl methyl sites for hydroxylation is 1. The van der Waals surface area contributed by atoms with Crippen molar-refractivity contribution in [2.45, 2.75) is 39.7 Å². The van der Waals surface area contributed by atoms with Crippen LogP contribution < -0.4 is 4.74 Å². The molecule has 1 heterocycles. The molecule has 96 valence electrons. The van der Waals surface area contributed by atoms with E-state index in [1.54, 1.807) is 4.68 Å². The van der Waals surface area contributed by atoms with Crippen LogP contribution >= 0.6 is 0 Å². The standard InChI is InChI=1S/C13H18N4O/c1-5-12-14-15-16-17(12)10-6-8-11(9-7-10)18-13(2,3)4/h6-9H,5H2,1-4H3. The highest BCUT2D eigenvalue weighted by Crippen LogP contribution is 2.20. The van der Waals surface area contributed by atoms with Crippen molar-refractivity contribution in [1.29, 1.82) is 0 Å². The Morgan fingerprint density at radius 3 is 2.39 bits per heavy atom. The Morgan fingerprint density at radius 1 is 1.17 bits per heavy atom. The number of hydrogen-bond donors (Lipinski definition) is 0. The van der Waals surface area contributed by atoms with Crippen molar-refractivity contribution in [1.82, 2.24) is 20.2 Å². The molecule has 0 amide bonds. The average molecular weight is 246 g/mol. The highest BCUT2D eigenvalue weighted by molar-refractivity contribution is 5.37. The average Bonchev–Trinajstić information content (AvgIpc) is 2.76. The molecule has 0 aliphatic rings. The zero-order valence-electron chi connectivity index (χ0n) is 11.2. The quantitative estimate of drug-likeness (QED) is 0.834. The van der Waals surface area contributed by atoms with Crippen LogP contribution in [-0.2, 0) is 6.42 Å². The molecule has 0 fully saturated rings. The van der Waals surface area contributed by atoms with Crippen LogP contribution in [0.1, 0.15) is 33.5 Å². The maximum absolute atomic E-state index is 5.77. The SMILES string of the molecule is CCc1nnnn1-c1ccc(OC(C)(C)C)cc1. The minimum Gasteiger partial charge on any atom is -0.488 e. The number of ether oxygens (including phenoxy) is 1. The Morgan fingerprint density at radius 2 is 1.83 bits per heavy atom. The van der Waals surface area contributed by atoms with Gasteiger partial charge in [0.2, 0.25) is 0 Å². The van der Waals surface area contributed by atoms with Crippen LogP contribution in [0.5, 0.6) is 5.75 Å². The maximum atomic E-state index is 5.77. The topological polar surface area (TPSA) is 52.8 Å². The number of aromatic nitrogens is 4. The first kappa shape index (κ1) is 12.5. The molecule has 1 aromatic heterocycles. The summed E-state index contributed by atoms with van der Waals surface area (Å²) < 4.78 is 7.51. The number of hydrogen-bond acceptors (Lipinski definition) is 4. The van der Waals surface area contributed by atoms with Gasteiger partial charge in [-0.1, -0.05) is 6.92 Å². The molecule has 2 aromatic rings. The molecule has 18 heavy (non-hydrogen) atoms. The molecule has 5 nitrogen and oxygen atoms in total. The fourth-order valence-corrected chi connectivity index (χ4v) is 1.64. The van der Waals surface area contributed by atoms with Gasteiger partial charge in [-0.15, -0.1) is 5.10 Å². The number of benzene rings is 1. The van der Waals surface area contributed by atoms with Crippen molar-refractivity contribution >= 4 is 0 Å². The Bertz CT molecular complexity index is 511. The third kappa shape index (κ3) is 2.85. The summed E-state index contributed by atoms with van der Waals surface area (Å²) >= 11 is 0. The second-order valence-electron chi connectivity index (χ2n) is 5.07. The third-order valence-corrected chi connectivity index (χ3v) is 2.36. The van der Waals surface area contributed by atoms with Gasteiger partial charge in [0, 0.05) is 6.42 Å². The van der Waals surface area contributed by atoms with E-state index in [1.165, 1.54) is 0 Å². The van der Waals surface area contributed by atoms with Crippen LogP contribution in [0.15, 0.2) is 24.3 Å². The van der Waals surface area contributed by atoms with Crippen LogP contribution in [0, 0.1) is 0 Å². The van der Waals surface area contributed by atoms with Gasteiger partial charge in [-0.25, -0.2) is 0 Å². The Kier molecular flexibility index (Phi) is 3.32. The fourth-order valence-electron chi connectivity index (χ4n) is 1.64. The number of tetrazole rings is 1. The first-order valence-electron chi connectivity index (χ1n) is 6.06. The van der Waals surface area contributed by atoms with Gasteiger partial charge in [-0.2, -0.15) is 4.68 Å². The highest BCUT2D eigenvalue weighted by atomic mass is 16.5. The normalized spacial score (nSPS) is 11.6. The Labute approximate surface area is 107 Å². The van der Waals surface area contributed by atoms with Gasteiger partial charge in [0.25, 0.3) is 0 Å². The minimum atomic E-state index is -0.190. The molecular formula is C13H18N4O. The molecule has 0 aliphatic carbocycles. The van der Waals surface area contributed by atoms with E-state index in [1.807, 2.05) is 52.0 Å². The zero-order chi connectivity index (χ0) is 13.2. The molecule has 1 aromatic carbocycles. The molecule has 0 saturated heterocycles. The first-order valence-corrected chi connectivity index (χ1v) is 6.06. The lowest BCUT2D eigenvalue weighted by molar-refractivity contribution is 0.131. The van der Waals surface area contributed by atoms with E-state index in [-0.39, 0.29) is 5.60 Å². The second kappa shape index (κ2) is 4.76. The molecule has 5 heteroatoms. The monoisotopic (exact) mass is 246 g/mol. The third-order valence-electron chi connectivity index (χ3n) is 2.36. The summed E-state index contributed by atoms with van der Waals surface area (Å²) in [5, 5.41) is 11.6. The maximum Gasteiger partial charge on any atom is 0.156 e. The van der Waals surface area contributed by atoms with E-state index in [9.17, 15) is 0 Å². The first-order chi connectivity index (χ1) is 8.49. The van der Waals surface area contributed by atoms with Gasteiger partial charge in [-0.05, 0) is 55.5 Å². The molecule has 0 unspecified atom stereocenters. The van der Waals surface area contributed by atoms with Crippen molar-refractivity contribution < 1.29 is 4.74 Å². The summed E-state index contributed by atoms with van der Waals surface area (Å²) in [6, 6.07) is 7.77. The van der Waals surface area contributed by atoms with Gasteiger partial charge in [0.15, 0.2) is 5.82 Å². The van der Waals surface area contributed by atoms with Crippen LogP contribution in [0.25, 0.3) is 5.69 Å². The van der Waals surface area contributed by atoms with E-state index < -0.39 is 0 Å². The predicted molar refractivity (Wildman–Crippen MR) is 68.9 cm³/mol. The molecule has 0 spiro atoms. The highest BCUT2D eigenvalue weighted by Gasteiger charge is 2.12. The second-order valence-corrected chi connectivity index (χ2v) is 5.07. The molecule has 0 atom stereocenters. The molecule has 0 saturated carbocycles. The van der Waals surface area contributed by atoms with E-state index in [0.29, 0.717) is 0 Å². The summed E-state index contributed by atoms with van der Waals surface area (Å²) in [6.45, 7) is 8.10. The molecule has 0 aliphatic heterocycles. The Balaban J connectivity index is 2.23. The zero-order valence-corrected chi connectivity index (χ0v) is 11.2. The lowest BCUT2D eigenvalue weighted by Gasteiger charge is -2.21. The molecule has 0 radical (unpaired) electrons. The summed E-state index contributed by atoms with van der Waals surface area (Å²) in [4.78, 5) is 0. The van der Waals surface area contributed by atoms with Gasteiger partial charge in [0.05, 0.1) is 5.69 Å². The van der Waals surface area contributed by atoms with Gasteiger partial charge in [-0.3, -0.25) is 0 Å². The lowest BCUT2D eigenvalue weighted by Crippen LogP contribution is -2.22. The molecule has 2 rings (SSSR count). The van der Waals surface area contributed by atoms with E-state index in [4.69, 9.17) is 4.74 Å². The van der Waals surface area contributed by atoms with Crippen LogP contribution in [-0.4, -0.2) is 25.8 Å². The van der Waals surface area contributed by atoms with Crippen molar-refractivity contribution in [2.75, 3.05) is 0 Å². The van der Waals surface area contributed by atoms with Gasteiger partial charge >= 0.3 is 0 Å². The molecule has 0 N–H and O–H groups in total. The van der Waals surface area contributed by atoms with Gasteiger partial charge in [0.1, 0.15) is 11.4 Å². The lowest BCUT2D eigenvalue weighted by atomic mass is 10.2. The largest absolute Gasteiger partial charge is 0.488 e. The number of nitrogens with zero attached hydrogens (tertiary/aromatic N) is 4. The van der Waals surface area contributed by atoms with Gasteiger partial charge < -0.3 is 4.74 Å². The summed E-state index contributed by atoms with van der Waals surface area (Å²) in [5.41, 5.74) is 0.753. The predicted octanol–water partition coefficient (Wildman–Crippen LogP) is 2.40.